The Balaban J connectivity index is 2.14. The molecule has 0 spiro atoms. The van der Waals surface area contributed by atoms with Gasteiger partial charge in [-0.15, -0.1) is 0 Å². The fourth-order valence-electron chi connectivity index (χ4n) is 1.64. The maximum Gasteiger partial charge on any atom is 0.337 e. The van der Waals surface area contributed by atoms with Crippen molar-refractivity contribution in [1.29, 1.82) is 5.26 Å². The lowest BCUT2D eigenvalue weighted by molar-refractivity contribution is 0.0698. The maximum atomic E-state index is 10.8. The van der Waals surface area contributed by atoms with E-state index in [1.54, 1.807) is 12.1 Å². The van der Waals surface area contributed by atoms with Gasteiger partial charge in [-0.05, 0) is 18.2 Å². The number of ether oxygens (including phenoxy) is 1. The highest BCUT2D eigenvalue weighted by Crippen LogP contribution is 2.21. The standard InChI is InChI=1S/C14H11N3O3/c15-7-13-9(2-1-5-17-13)8-20-10-3-4-11(14(18)19)12(16)6-10/h1-6H,8,16H2,(H,18,19). The van der Waals surface area contributed by atoms with Gasteiger partial charge < -0.3 is 15.6 Å². The van der Waals surface area contributed by atoms with E-state index in [4.69, 9.17) is 20.8 Å². The van der Waals surface area contributed by atoms with Crippen molar-refractivity contribution >= 4 is 11.7 Å². The van der Waals surface area contributed by atoms with Crippen molar-refractivity contribution < 1.29 is 14.6 Å². The van der Waals surface area contributed by atoms with Gasteiger partial charge in [0.05, 0.1) is 5.56 Å². The Morgan fingerprint density at radius 2 is 2.25 bits per heavy atom. The Bertz CT molecular complexity index is 692. The summed E-state index contributed by atoms with van der Waals surface area (Å²) in [5.74, 6) is -0.659. The highest BCUT2D eigenvalue weighted by Gasteiger charge is 2.09. The molecule has 0 aliphatic heterocycles. The molecule has 6 heteroatoms. The second kappa shape index (κ2) is 5.71. The molecule has 2 rings (SSSR count). The molecule has 100 valence electrons. The van der Waals surface area contributed by atoms with Gasteiger partial charge >= 0.3 is 5.97 Å². The molecule has 0 aliphatic carbocycles. The zero-order valence-corrected chi connectivity index (χ0v) is 10.4. The van der Waals surface area contributed by atoms with Crippen molar-refractivity contribution in [2.24, 2.45) is 0 Å². The summed E-state index contributed by atoms with van der Waals surface area (Å²) in [4.78, 5) is 14.8. The van der Waals surface area contributed by atoms with Crippen LogP contribution in [-0.2, 0) is 6.61 Å². The number of nitrogen functional groups attached to an aromatic ring is 1. The number of carboxylic acids is 1. The van der Waals surface area contributed by atoms with Gasteiger partial charge in [-0.25, -0.2) is 9.78 Å². The molecule has 0 saturated carbocycles. The van der Waals surface area contributed by atoms with Gasteiger partial charge in [0.15, 0.2) is 0 Å². The number of aromatic carboxylic acids is 1. The van der Waals surface area contributed by atoms with E-state index in [0.717, 1.165) is 0 Å². The Morgan fingerprint density at radius 1 is 1.45 bits per heavy atom. The molecule has 1 aromatic heterocycles. The van der Waals surface area contributed by atoms with Gasteiger partial charge in [0, 0.05) is 23.5 Å². The van der Waals surface area contributed by atoms with Crippen LogP contribution in [0.3, 0.4) is 0 Å². The Kier molecular flexibility index (Phi) is 3.82. The van der Waals surface area contributed by atoms with Crippen molar-refractivity contribution in [3.05, 3.63) is 53.3 Å². The van der Waals surface area contributed by atoms with Gasteiger partial charge in [-0.1, -0.05) is 6.07 Å². The monoisotopic (exact) mass is 269 g/mol. The quantitative estimate of drug-likeness (QED) is 0.819. The number of nitrogens with zero attached hydrogens (tertiary/aromatic N) is 2. The van der Waals surface area contributed by atoms with E-state index in [9.17, 15) is 4.79 Å². The SMILES string of the molecule is N#Cc1ncccc1COc1ccc(C(=O)O)c(N)c1. The van der Waals surface area contributed by atoms with Crippen molar-refractivity contribution in [3.63, 3.8) is 0 Å². The molecule has 0 amide bonds. The van der Waals surface area contributed by atoms with Crippen molar-refractivity contribution in [2.45, 2.75) is 6.61 Å². The summed E-state index contributed by atoms with van der Waals surface area (Å²) >= 11 is 0. The smallest absolute Gasteiger partial charge is 0.337 e. The van der Waals surface area contributed by atoms with Gasteiger partial charge in [-0.2, -0.15) is 5.26 Å². The number of carboxylic acid groups (broad SMARTS) is 1. The van der Waals surface area contributed by atoms with Crippen molar-refractivity contribution in [1.82, 2.24) is 4.98 Å². The lowest BCUT2D eigenvalue weighted by atomic mass is 10.1. The molecule has 0 fully saturated rings. The fraction of sp³-hybridized carbons (Fsp3) is 0.0714. The van der Waals surface area contributed by atoms with E-state index < -0.39 is 5.97 Å². The number of pyridine rings is 1. The molecule has 2 aromatic rings. The molecule has 0 atom stereocenters. The molecule has 0 saturated heterocycles. The second-order valence-electron chi connectivity index (χ2n) is 3.97. The number of carbonyl (C=O) groups is 1. The number of nitriles is 1. The number of aromatic nitrogens is 1. The molecule has 0 bridgehead atoms. The number of hydrogen-bond donors (Lipinski definition) is 2. The van der Waals surface area contributed by atoms with Crippen LogP contribution in [-0.4, -0.2) is 16.1 Å². The number of rotatable bonds is 4. The van der Waals surface area contributed by atoms with Crippen LogP contribution in [0.5, 0.6) is 5.75 Å². The van der Waals surface area contributed by atoms with E-state index in [1.807, 2.05) is 6.07 Å². The van der Waals surface area contributed by atoms with Crippen LogP contribution in [0, 0.1) is 11.3 Å². The van der Waals surface area contributed by atoms with E-state index >= 15 is 0 Å². The molecule has 0 aliphatic rings. The summed E-state index contributed by atoms with van der Waals surface area (Å²) in [6.45, 7) is 0.155. The van der Waals surface area contributed by atoms with Gasteiger partial charge in [0.2, 0.25) is 0 Å². The first-order valence-corrected chi connectivity index (χ1v) is 5.71. The van der Waals surface area contributed by atoms with Crippen LogP contribution in [0.2, 0.25) is 0 Å². The fourth-order valence-corrected chi connectivity index (χ4v) is 1.64. The molecular formula is C14H11N3O3. The number of hydrogen-bond acceptors (Lipinski definition) is 5. The summed E-state index contributed by atoms with van der Waals surface area (Å²) in [5.41, 5.74) is 6.72. The van der Waals surface area contributed by atoms with Gasteiger partial charge in [-0.3, -0.25) is 0 Å². The van der Waals surface area contributed by atoms with Gasteiger partial charge in [0.25, 0.3) is 0 Å². The minimum Gasteiger partial charge on any atom is -0.489 e. The van der Waals surface area contributed by atoms with E-state index in [2.05, 4.69) is 4.98 Å². The number of benzene rings is 1. The van der Waals surface area contributed by atoms with Crippen LogP contribution in [0.4, 0.5) is 5.69 Å². The highest BCUT2D eigenvalue weighted by atomic mass is 16.5. The van der Waals surface area contributed by atoms with Crippen molar-refractivity contribution in [3.8, 4) is 11.8 Å². The largest absolute Gasteiger partial charge is 0.489 e. The first-order valence-electron chi connectivity index (χ1n) is 5.71. The third-order valence-electron chi connectivity index (χ3n) is 2.64. The summed E-state index contributed by atoms with van der Waals surface area (Å²) in [5, 5.41) is 17.8. The lowest BCUT2D eigenvalue weighted by Crippen LogP contribution is -2.04. The molecule has 0 unspecified atom stereocenters. The molecular weight excluding hydrogens is 258 g/mol. The Labute approximate surface area is 115 Å². The Morgan fingerprint density at radius 3 is 2.90 bits per heavy atom. The Hall–Kier alpha value is -3.07. The van der Waals surface area contributed by atoms with Gasteiger partial charge in [0.1, 0.15) is 24.1 Å². The van der Waals surface area contributed by atoms with E-state index in [1.165, 1.54) is 24.4 Å². The second-order valence-corrected chi connectivity index (χ2v) is 3.97. The average Bonchev–Trinajstić information content (AvgIpc) is 2.45. The molecule has 6 nitrogen and oxygen atoms in total. The summed E-state index contributed by atoms with van der Waals surface area (Å²) in [6.07, 6.45) is 1.53. The van der Waals surface area contributed by atoms with E-state index in [-0.39, 0.29) is 17.9 Å². The molecule has 1 heterocycles. The topological polar surface area (TPSA) is 109 Å². The average molecular weight is 269 g/mol. The van der Waals surface area contributed by atoms with Crippen LogP contribution >= 0.6 is 0 Å². The molecule has 1 aromatic carbocycles. The predicted molar refractivity (Wildman–Crippen MR) is 71.1 cm³/mol. The third-order valence-corrected chi connectivity index (χ3v) is 2.64. The maximum absolute atomic E-state index is 10.8. The predicted octanol–water partition coefficient (Wildman–Crippen LogP) is 1.81. The first-order chi connectivity index (χ1) is 9.61. The number of anilines is 1. The zero-order valence-electron chi connectivity index (χ0n) is 10.4. The van der Waals surface area contributed by atoms with Crippen LogP contribution in [0.15, 0.2) is 36.5 Å². The molecule has 3 N–H and O–H groups in total. The third kappa shape index (κ3) is 2.84. The van der Waals surface area contributed by atoms with E-state index in [0.29, 0.717) is 17.0 Å². The lowest BCUT2D eigenvalue weighted by Gasteiger charge is -2.08. The zero-order chi connectivity index (χ0) is 14.5. The minimum absolute atomic E-state index is 0.0245. The first kappa shape index (κ1) is 13.4. The number of nitrogens with two attached hydrogens (primary N) is 1. The van der Waals surface area contributed by atoms with Crippen LogP contribution in [0.25, 0.3) is 0 Å². The highest BCUT2D eigenvalue weighted by molar-refractivity contribution is 5.93. The normalized spacial score (nSPS) is 9.75. The summed E-state index contributed by atoms with van der Waals surface area (Å²) < 4.78 is 5.49. The summed E-state index contributed by atoms with van der Waals surface area (Å²) in [6, 6.07) is 9.75. The molecule has 20 heavy (non-hydrogen) atoms. The molecule has 0 radical (unpaired) electrons. The van der Waals surface area contributed by atoms with Crippen molar-refractivity contribution in [2.75, 3.05) is 5.73 Å². The minimum atomic E-state index is -1.09. The summed E-state index contributed by atoms with van der Waals surface area (Å²) in [7, 11) is 0. The van der Waals surface area contributed by atoms with Crippen LogP contribution in [0.1, 0.15) is 21.6 Å². The van der Waals surface area contributed by atoms with Crippen LogP contribution < -0.4 is 10.5 Å².